The van der Waals surface area contributed by atoms with Gasteiger partial charge >= 0.3 is 12.4 Å². The van der Waals surface area contributed by atoms with Gasteiger partial charge in [0.25, 0.3) is 0 Å². The highest BCUT2D eigenvalue weighted by atomic mass is 19.4. The molecular weight excluding hydrogens is 414 g/mol. The van der Waals surface area contributed by atoms with Crippen molar-refractivity contribution in [3.8, 4) is 17.5 Å². The van der Waals surface area contributed by atoms with Crippen LogP contribution >= 0.6 is 0 Å². The van der Waals surface area contributed by atoms with Gasteiger partial charge in [0.05, 0.1) is 23.7 Å². The minimum atomic E-state index is -4.91. The molecule has 3 rings (SSSR count). The van der Waals surface area contributed by atoms with Gasteiger partial charge in [-0.15, -0.1) is 10.2 Å². The maximum absolute atomic E-state index is 13.2. The zero-order valence-corrected chi connectivity index (χ0v) is 15.0. The Morgan fingerprint density at radius 1 is 0.967 bits per heavy atom. The molecule has 0 saturated heterocycles. The number of benzene rings is 2. The van der Waals surface area contributed by atoms with Crippen LogP contribution in [0.2, 0.25) is 0 Å². The molecule has 11 heteroatoms. The van der Waals surface area contributed by atoms with E-state index in [-0.39, 0.29) is 11.8 Å². The summed E-state index contributed by atoms with van der Waals surface area (Å²) in [4.78, 5) is 0.624. The van der Waals surface area contributed by atoms with Crippen LogP contribution in [0.4, 0.5) is 32.0 Å². The fourth-order valence-electron chi connectivity index (χ4n) is 2.69. The van der Waals surface area contributed by atoms with E-state index in [1.165, 1.54) is 6.07 Å². The molecule has 0 unspecified atom stereocenters. The molecule has 0 radical (unpaired) electrons. The minimum absolute atomic E-state index is 0.0633. The Labute approximate surface area is 166 Å². The van der Waals surface area contributed by atoms with Crippen molar-refractivity contribution in [2.75, 3.05) is 11.4 Å². The Morgan fingerprint density at radius 2 is 1.67 bits per heavy atom. The van der Waals surface area contributed by atoms with Crippen LogP contribution in [-0.4, -0.2) is 22.9 Å². The highest BCUT2D eigenvalue weighted by Gasteiger charge is 2.36. The Morgan fingerprint density at radius 3 is 2.27 bits per heavy atom. The van der Waals surface area contributed by atoms with E-state index in [0.717, 1.165) is 12.1 Å². The van der Waals surface area contributed by atoms with Crippen LogP contribution in [0, 0.1) is 11.3 Å². The smallest absolute Gasteiger partial charge is 0.417 e. The monoisotopic (exact) mass is 426 g/mol. The quantitative estimate of drug-likeness (QED) is 0.525. The fraction of sp³-hybridized carbons (Fsp3) is 0.211. The highest BCUT2D eigenvalue weighted by Crippen LogP contribution is 2.35. The Kier molecular flexibility index (Phi) is 5.69. The van der Waals surface area contributed by atoms with Crippen LogP contribution in [-0.2, 0) is 12.7 Å². The van der Waals surface area contributed by atoms with E-state index in [1.807, 2.05) is 0 Å². The Bertz CT molecular complexity index is 1050. The van der Waals surface area contributed by atoms with Crippen molar-refractivity contribution in [3.63, 3.8) is 0 Å². The number of nitrogens with zero attached hydrogens (tertiary/aromatic N) is 4. The molecule has 0 saturated carbocycles. The van der Waals surface area contributed by atoms with Crippen LogP contribution < -0.4 is 4.90 Å². The molecule has 0 aliphatic rings. The molecule has 5 nitrogen and oxygen atoms in total. The molecule has 0 aliphatic carbocycles. The zero-order chi connectivity index (χ0) is 21.9. The van der Waals surface area contributed by atoms with Gasteiger partial charge in [-0.05, 0) is 30.3 Å². The third kappa shape index (κ3) is 5.08. The van der Waals surface area contributed by atoms with Crippen molar-refractivity contribution >= 4 is 5.69 Å². The number of rotatable bonds is 5. The number of aromatic nitrogens is 2. The molecular formula is C19H12F6N4O. The summed E-state index contributed by atoms with van der Waals surface area (Å²) >= 11 is 0. The summed E-state index contributed by atoms with van der Waals surface area (Å²) in [7, 11) is 0. The van der Waals surface area contributed by atoms with E-state index >= 15 is 0 Å². The van der Waals surface area contributed by atoms with Gasteiger partial charge in [-0.3, -0.25) is 0 Å². The van der Waals surface area contributed by atoms with E-state index in [9.17, 15) is 26.3 Å². The van der Waals surface area contributed by atoms with Crippen molar-refractivity contribution in [2.45, 2.75) is 18.9 Å². The predicted molar refractivity (Wildman–Crippen MR) is 93.0 cm³/mol. The molecule has 2 aromatic carbocycles. The minimum Gasteiger partial charge on any atom is -0.419 e. The van der Waals surface area contributed by atoms with Crippen molar-refractivity contribution in [1.29, 1.82) is 5.26 Å². The zero-order valence-electron chi connectivity index (χ0n) is 15.0. The van der Waals surface area contributed by atoms with Gasteiger partial charge in [-0.2, -0.15) is 31.6 Å². The van der Waals surface area contributed by atoms with Crippen molar-refractivity contribution < 1.29 is 30.8 Å². The van der Waals surface area contributed by atoms with Crippen LogP contribution in [0.25, 0.3) is 11.5 Å². The summed E-state index contributed by atoms with van der Waals surface area (Å²) in [6.07, 6.45) is -9.62. The number of alkyl halides is 6. The van der Waals surface area contributed by atoms with Gasteiger partial charge in [-0.1, -0.05) is 18.2 Å². The average molecular weight is 426 g/mol. The molecule has 1 heterocycles. The molecule has 0 spiro atoms. The van der Waals surface area contributed by atoms with Crippen molar-refractivity contribution in [1.82, 2.24) is 10.2 Å². The second-order valence-electron chi connectivity index (χ2n) is 6.18. The van der Waals surface area contributed by atoms with Crippen molar-refractivity contribution in [3.05, 3.63) is 65.5 Å². The van der Waals surface area contributed by atoms with E-state index in [4.69, 9.17) is 9.68 Å². The first-order chi connectivity index (χ1) is 14.1. The molecule has 3 aromatic rings. The van der Waals surface area contributed by atoms with E-state index < -0.39 is 42.3 Å². The lowest BCUT2D eigenvalue weighted by molar-refractivity contribution is -0.137. The van der Waals surface area contributed by atoms with Crippen LogP contribution in [0.1, 0.15) is 17.0 Å². The molecule has 0 fully saturated rings. The Hall–Kier alpha value is -3.55. The second kappa shape index (κ2) is 8.06. The van der Waals surface area contributed by atoms with Crippen molar-refractivity contribution in [2.24, 2.45) is 0 Å². The molecule has 0 atom stereocenters. The normalized spacial score (nSPS) is 11.9. The van der Waals surface area contributed by atoms with Gasteiger partial charge in [0, 0.05) is 11.3 Å². The van der Waals surface area contributed by atoms with Gasteiger partial charge in [0.1, 0.15) is 6.54 Å². The molecule has 30 heavy (non-hydrogen) atoms. The number of hydrogen-bond donors (Lipinski definition) is 0. The number of anilines is 1. The number of halogens is 6. The second-order valence-corrected chi connectivity index (χ2v) is 6.18. The SMILES string of the molecule is N#Cc1ccc(N(Cc2nnc(-c3ccccc3)o2)CC(F)(F)F)cc1C(F)(F)F. The standard InChI is InChI=1S/C19H12F6N4O/c20-18(21,22)11-29(14-7-6-13(9-26)15(8-14)19(23,24)25)10-16-27-28-17(30-16)12-4-2-1-3-5-12/h1-8H,10-11H2. The number of nitriles is 1. The summed E-state index contributed by atoms with van der Waals surface area (Å²) in [5.41, 5.74) is -1.87. The highest BCUT2D eigenvalue weighted by molar-refractivity contribution is 5.55. The summed E-state index contributed by atoms with van der Waals surface area (Å²) in [5, 5.41) is 16.3. The molecule has 0 aliphatic heterocycles. The lowest BCUT2D eigenvalue weighted by atomic mass is 10.1. The lowest BCUT2D eigenvalue weighted by Crippen LogP contribution is -2.34. The van der Waals surface area contributed by atoms with E-state index in [2.05, 4.69) is 10.2 Å². The first-order valence-electron chi connectivity index (χ1n) is 8.37. The topological polar surface area (TPSA) is 66.0 Å². The maximum atomic E-state index is 13.2. The van der Waals surface area contributed by atoms with Gasteiger partial charge in [-0.25, -0.2) is 0 Å². The summed E-state index contributed by atoms with van der Waals surface area (Å²) < 4.78 is 84.2. The maximum Gasteiger partial charge on any atom is 0.417 e. The molecule has 0 amide bonds. The summed E-state index contributed by atoms with van der Waals surface area (Å²) in [6, 6.07) is 12.2. The third-order valence-corrected chi connectivity index (χ3v) is 3.98. The largest absolute Gasteiger partial charge is 0.419 e. The van der Waals surface area contributed by atoms with Crippen LogP contribution in [0.3, 0.4) is 0 Å². The Balaban J connectivity index is 1.95. The molecule has 1 aromatic heterocycles. The first kappa shape index (κ1) is 21.2. The fourth-order valence-corrected chi connectivity index (χ4v) is 2.69. The van der Waals surface area contributed by atoms with E-state index in [1.54, 1.807) is 30.3 Å². The van der Waals surface area contributed by atoms with Crippen LogP contribution in [0.15, 0.2) is 52.9 Å². The molecule has 156 valence electrons. The van der Waals surface area contributed by atoms with E-state index in [0.29, 0.717) is 16.5 Å². The lowest BCUT2D eigenvalue weighted by Gasteiger charge is -2.25. The number of hydrogen-bond acceptors (Lipinski definition) is 5. The predicted octanol–water partition coefficient (Wildman–Crippen LogP) is 5.20. The molecule has 0 bridgehead atoms. The third-order valence-electron chi connectivity index (χ3n) is 3.98. The van der Waals surface area contributed by atoms with Crippen LogP contribution in [0.5, 0.6) is 0 Å². The van der Waals surface area contributed by atoms with Gasteiger partial charge in [0.2, 0.25) is 11.8 Å². The van der Waals surface area contributed by atoms with Gasteiger partial charge in [0.15, 0.2) is 0 Å². The molecule has 0 N–H and O–H groups in total. The average Bonchev–Trinajstić information content (AvgIpc) is 3.14. The first-order valence-corrected chi connectivity index (χ1v) is 8.37. The summed E-state index contributed by atoms with van der Waals surface area (Å²) in [6.45, 7) is -2.14. The van der Waals surface area contributed by atoms with Gasteiger partial charge < -0.3 is 9.32 Å². The summed E-state index contributed by atoms with van der Waals surface area (Å²) in [5.74, 6) is -0.149.